The molecule has 0 aliphatic rings. The Bertz CT molecular complexity index is 1110. The number of aliphatic carboxylic acids is 1. The molecule has 0 aliphatic carbocycles. The molecule has 0 atom stereocenters. The molecule has 2 aromatic carbocycles. The van der Waals surface area contributed by atoms with Crippen LogP contribution in [0.25, 0.3) is 16.6 Å². The lowest BCUT2D eigenvalue weighted by molar-refractivity contribution is -0.131. The highest BCUT2D eigenvalue weighted by atomic mass is 32.1. The average molecular weight is 433 g/mol. The second-order valence-corrected chi connectivity index (χ2v) is 7.42. The molecule has 0 spiro atoms. The van der Waals surface area contributed by atoms with E-state index in [1.165, 1.54) is 17.4 Å². The average Bonchev–Trinajstić information content (AvgIpc) is 3.26. The Morgan fingerprint density at radius 2 is 1.90 bits per heavy atom. The number of benzene rings is 2. The monoisotopic (exact) mass is 432 g/mol. The smallest absolute Gasteiger partial charge is 0.407 e. The number of nitrogens with one attached hydrogen (secondary N) is 1. The maximum atomic E-state index is 11.7. The normalized spacial score (nSPS) is 10.3. The van der Waals surface area contributed by atoms with Crippen LogP contribution in [0.2, 0.25) is 0 Å². The van der Waals surface area contributed by atoms with Crippen molar-refractivity contribution in [2.75, 3.05) is 6.54 Å². The van der Waals surface area contributed by atoms with Gasteiger partial charge in [-0.25, -0.2) is 14.6 Å². The zero-order valence-electron chi connectivity index (χ0n) is 16.6. The van der Waals surface area contributed by atoms with E-state index < -0.39 is 12.1 Å². The minimum Gasteiger partial charge on any atom is -0.478 e. The standard InChI is InChI=1S/C24H20N2O4S/c27-22(28)14-13-21-16-26-23(31-21)20-11-9-18(10-12-20)6-4-5-15-25-24(29)30-17-19-7-2-1-3-8-19/h1-3,7-14,16H,5,15,17H2,(H,25,29)(H,27,28)/b14-13+. The second kappa shape index (κ2) is 11.3. The number of rotatable bonds is 7. The van der Waals surface area contributed by atoms with Crippen LogP contribution in [0, 0.1) is 11.8 Å². The van der Waals surface area contributed by atoms with Gasteiger partial charge < -0.3 is 15.2 Å². The highest BCUT2D eigenvalue weighted by Gasteiger charge is 2.04. The van der Waals surface area contributed by atoms with Crippen LogP contribution >= 0.6 is 11.3 Å². The van der Waals surface area contributed by atoms with Gasteiger partial charge in [-0.3, -0.25) is 0 Å². The number of thiazole rings is 1. The lowest BCUT2D eigenvalue weighted by atomic mass is 10.1. The van der Waals surface area contributed by atoms with Crippen molar-refractivity contribution in [1.82, 2.24) is 10.3 Å². The summed E-state index contributed by atoms with van der Waals surface area (Å²) in [6.07, 6.45) is 4.30. The fraction of sp³-hybridized carbons (Fsp3) is 0.125. The van der Waals surface area contributed by atoms with Crippen LogP contribution in [0.15, 0.2) is 66.9 Å². The van der Waals surface area contributed by atoms with Crippen LogP contribution in [-0.4, -0.2) is 28.7 Å². The molecule has 6 nitrogen and oxygen atoms in total. The predicted molar refractivity (Wildman–Crippen MR) is 120 cm³/mol. The van der Waals surface area contributed by atoms with E-state index in [9.17, 15) is 9.59 Å². The van der Waals surface area contributed by atoms with Crippen LogP contribution in [-0.2, 0) is 16.1 Å². The SMILES string of the molecule is O=C(O)/C=C/c1cnc(-c2ccc(C#CCCNC(=O)OCc3ccccc3)cc2)s1. The molecule has 1 amide bonds. The quantitative estimate of drug-likeness (QED) is 0.324. The van der Waals surface area contributed by atoms with Gasteiger partial charge in [0.05, 0.1) is 0 Å². The summed E-state index contributed by atoms with van der Waals surface area (Å²) in [7, 11) is 0. The Balaban J connectivity index is 1.42. The number of hydrogen-bond donors (Lipinski definition) is 2. The number of carbonyl (C=O) groups is 2. The van der Waals surface area contributed by atoms with E-state index in [4.69, 9.17) is 9.84 Å². The molecule has 3 aromatic rings. The maximum absolute atomic E-state index is 11.7. The molecular formula is C24H20N2O4S. The Kier molecular flexibility index (Phi) is 7.97. The molecule has 0 aliphatic heterocycles. The Morgan fingerprint density at radius 3 is 2.65 bits per heavy atom. The topological polar surface area (TPSA) is 88.5 Å². The summed E-state index contributed by atoms with van der Waals surface area (Å²) in [4.78, 5) is 27.4. The molecule has 0 radical (unpaired) electrons. The third-order valence-electron chi connectivity index (χ3n) is 4.01. The van der Waals surface area contributed by atoms with E-state index in [1.54, 1.807) is 6.20 Å². The van der Waals surface area contributed by atoms with Crippen molar-refractivity contribution in [2.24, 2.45) is 0 Å². The number of alkyl carbamates (subject to hydrolysis) is 1. The summed E-state index contributed by atoms with van der Waals surface area (Å²) in [6.45, 7) is 0.644. The molecule has 0 saturated heterocycles. The van der Waals surface area contributed by atoms with Crippen LogP contribution in [0.3, 0.4) is 0 Å². The summed E-state index contributed by atoms with van der Waals surface area (Å²) >= 11 is 1.41. The lowest BCUT2D eigenvalue weighted by Crippen LogP contribution is -2.24. The minimum atomic E-state index is -0.989. The van der Waals surface area contributed by atoms with Gasteiger partial charge in [-0.2, -0.15) is 0 Å². The van der Waals surface area contributed by atoms with Gasteiger partial charge in [0.25, 0.3) is 0 Å². The first-order valence-electron chi connectivity index (χ1n) is 9.51. The van der Waals surface area contributed by atoms with Crippen molar-refractivity contribution in [2.45, 2.75) is 13.0 Å². The third-order valence-corrected chi connectivity index (χ3v) is 5.02. The molecule has 1 aromatic heterocycles. The molecule has 31 heavy (non-hydrogen) atoms. The van der Waals surface area contributed by atoms with Crippen molar-refractivity contribution < 1.29 is 19.4 Å². The molecule has 3 rings (SSSR count). The summed E-state index contributed by atoms with van der Waals surface area (Å²) in [5, 5.41) is 12.2. The molecular weight excluding hydrogens is 412 g/mol. The molecule has 0 bridgehead atoms. The number of nitrogens with zero attached hydrogens (tertiary/aromatic N) is 1. The lowest BCUT2D eigenvalue weighted by Gasteiger charge is -2.05. The molecule has 0 fully saturated rings. The van der Waals surface area contributed by atoms with Gasteiger partial charge in [-0.1, -0.05) is 54.3 Å². The van der Waals surface area contributed by atoms with Crippen molar-refractivity contribution in [3.8, 4) is 22.4 Å². The van der Waals surface area contributed by atoms with Gasteiger partial charge in [-0.05, 0) is 23.8 Å². The number of hydrogen-bond acceptors (Lipinski definition) is 5. The first-order chi connectivity index (χ1) is 15.1. The maximum Gasteiger partial charge on any atom is 0.407 e. The zero-order valence-corrected chi connectivity index (χ0v) is 17.4. The van der Waals surface area contributed by atoms with E-state index in [0.717, 1.165) is 32.7 Å². The fourth-order valence-corrected chi connectivity index (χ4v) is 3.34. The van der Waals surface area contributed by atoms with Crippen molar-refractivity contribution >= 4 is 29.5 Å². The largest absolute Gasteiger partial charge is 0.478 e. The number of ether oxygens (including phenoxy) is 1. The fourth-order valence-electron chi connectivity index (χ4n) is 2.51. The molecule has 0 saturated carbocycles. The summed E-state index contributed by atoms with van der Waals surface area (Å²) in [5.41, 5.74) is 2.73. The van der Waals surface area contributed by atoms with E-state index in [2.05, 4.69) is 22.1 Å². The Morgan fingerprint density at radius 1 is 1.13 bits per heavy atom. The number of amides is 1. The minimum absolute atomic E-state index is 0.237. The summed E-state index contributed by atoms with van der Waals surface area (Å²) < 4.78 is 5.14. The van der Waals surface area contributed by atoms with Crippen LogP contribution in [0.1, 0.15) is 22.4 Å². The van der Waals surface area contributed by atoms with Gasteiger partial charge in [0, 0.05) is 41.2 Å². The molecule has 7 heteroatoms. The first-order valence-corrected chi connectivity index (χ1v) is 10.3. The van der Waals surface area contributed by atoms with Crippen LogP contribution < -0.4 is 5.32 Å². The van der Waals surface area contributed by atoms with E-state index in [1.807, 2.05) is 54.6 Å². The number of aromatic nitrogens is 1. The van der Waals surface area contributed by atoms with Crippen LogP contribution in [0.5, 0.6) is 0 Å². The summed E-state index contributed by atoms with van der Waals surface area (Å²) in [5.74, 6) is 5.09. The van der Waals surface area contributed by atoms with Gasteiger partial charge in [0.2, 0.25) is 0 Å². The van der Waals surface area contributed by atoms with Gasteiger partial charge >= 0.3 is 12.1 Å². The Labute approximate surface area is 184 Å². The van der Waals surface area contributed by atoms with E-state index >= 15 is 0 Å². The number of carbonyl (C=O) groups excluding carboxylic acids is 1. The van der Waals surface area contributed by atoms with Gasteiger partial charge in [0.1, 0.15) is 11.6 Å². The highest BCUT2D eigenvalue weighted by molar-refractivity contribution is 7.15. The molecule has 1 heterocycles. The van der Waals surface area contributed by atoms with Gasteiger partial charge in [0.15, 0.2) is 0 Å². The van der Waals surface area contributed by atoms with Crippen molar-refractivity contribution in [1.29, 1.82) is 0 Å². The summed E-state index contributed by atoms with van der Waals surface area (Å²) in [6, 6.07) is 17.1. The predicted octanol–water partition coefficient (Wildman–Crippen LogP) is 4.58. The third kappa shape index (κ3) is 7.46. The number of carboxylic acid groups (broad SMARTS) is 1. The molecule has 0 unspecified atom stereocenters. The zero-order chi connectivity index (χ0) is 21.9. The van der Waals surface area contributed by atoms with Crippen LogP contribution in [0.4, 0.5) is 4.79 Å². The van der Waals surface area contributed by atoms with Crippen molar-refractivity contribution in [3.63, 3.8) is 0 Å². The van der Waals surface area contributed by atoms with E-state index in [0.29, 0.717) is 13.0 Å². The number of carboxylic acids is 1. The molecule has 2 N–H and O–H groups in total. The van der Waals surface area contributed by atoms with E-state index in [-0.39, 0.29) is 6.61 Å². The van der Waals surface area contributed by atoms with Gasteiger partial charge in [-0.15, -0.1) is 11.3 Å². The second-order valence-electron chi connectivity index (χ2n) is 6.36. The first kappa shape index (κ1) is 21.8. The van der Waals surface area contributed by atoms with Crippen molar-refractivity contribution in [3.05, 3.63) is 82.9 Å². The highest BCUT2D eigenvalue weighted by Crippen LogP contribution is 2.26. The Hall–Kier alpha value is -3.89. The molecule has 156 valence electrons.